The van der Waals surface area contributed by atoms with E-state index in [1.165, 1.54) is 12.3 Å². The largest absolute Gasteiger partial charge is 0.478 e. The van der Waals surface area contributed by atoms with Crippen molar-refractivity contribution in [2.45, 2.75) is 0 Å². The molecule has 0 spiro atoms. The smallest absolute Gasteiger partial charge is 0.337 e. The Hall–Kier alpha value is -1.55. The molecule has 0 aliphatic heterocycles. The summed E-state index contributed by atoms with van der Waals surface area (Å²) >= 11 is 5.53. The molecule has 0 aliphatic rings. The van der Waals surface area contributed by atoms with Crippen LogP contribution in [0.25, 0.3) is 0 Å². The maximum atomic E-state index is 10.5. The molecule has 0 aromatic carbocycles. The first-order valence-electron chi connectivity index (χ1n) is 3.86. The third-order valence-electron chi connectivity index (χ3n) is 1.47. The van der Waals surface area contributed by atoms with E-state index in [1.54, 1.807) is 6.07 Å². The van der Waals surface area contributed by atoms with Crippen LogP contribution in [-0.2, 0) is 0 Å². The number of halogens is 1. The number of carbonyl (C=O) groups is 1. The van der Waals surface area contributed by atoms with Crippen molar-refractivity contribution in [1.29, 1.82) is 0 Å². The average Bonchev–Trinajstić information content (AvgIpc) is 2.15. The molecular formula is C9H9ClN2O2. The molecule has 0 unspecified atom stereocenters. The molecule has 0 saturated heterocycles. The van der Waals surface area contributed by atoms with Crippen LogP contribution in [0.5, 0.6) is 0 Å². The zero-order valence-electron chi connectivity index (χ0n) is 7.33. The Morgan fingerprint density at radius 1 is 1.64 bits per heavy atom. The minimum absolute atomic E-state index is 0.153. The van der Waals surface area contributed by atoms with E-state index < -0.39 is 5.97 Å². The van der Waals surface area contributed by atoms with Gasteiger partial charge >= 0.3 is 5.97 Å². The number of nitrogens with one attached hydrogen (secondary N) is 1. The molecule has 0 atom stereocenters. The molecule has 5 heteroatoms. The van der Waals surface area contributed by atoms with E-state index in [0.29, 0.717) is 17.4 Å². The monoisotopic (exact) mass is 212 g/mol. The number of aromatic carboxylic acids is 1. The molecule has 0 aliphatic carbocycles. The predicted octanol–water partition coefficient (Wildman–Crippen LogP) is 1.94. The van der Waals surface area contributed by atoms with Gasteiger partial charge in [-0.25, -0.2) is 9.78 Å². The highest BCUT2D eigenvalue weighted by molar-refractivity contribution is 6.29. The summed E-state index contributed by atoms with van der Waals surface area (Å²) in [4.78, 5) is 14.4. The molecule has 2 N–H and O–H groups in total. The Morgan fingerprint density at radius 2 is 2.36 bits per heavy atom. The number of carboxylic acid groups (broad SMARTS) is 1. The molecule has 0 bridgehead atoms. The van der Waals surface area contributed by atoms with Crippen LogP contribution in [0.4, 0.5) is 5.82 Å². The van der Waals surface area contributed by atoms with Gasteiger partial charge in [-0.3, -0.25) is 0 Å². The molecule has 0 amide bonds. The third kappa shape index (κ3) is 3.06. The summed E-state index contributed by atoms with van der Waals surface area (Å²) in [5.74, 6) is -0.428. The minimum Gasteiger partial charge on any atom is -0.478 e. The number of anilines is 1. The highest BCUT2D eigenvalue weighted by Gasteiger charge is 2.02. The summed E-state index contributed by atoms with van der Waals surface area (Å²) in [5.41, 5.74) is 0.153. The van der Waals surface area contributed by atoms with Crippen LogP contribution in [0.1, 0.15) is 10.4 Å². The van der Waals surface area contributed by atoms with Gasteiger partial charge in [0.1, 0.15) is 5.82 Å². The van der Waals surface area contributed by atoms with Gasteiger partial charge in [-0.15, -0.1) is 0 Å². The van der Waals surface area contributed by atoms with Crippen molar-refractivity contribution >= 4 is 23.4 Å². The normalized spacial score (nSPS) is 9.50. The standard InChI is InChI=1S/C9H9ClN2O2/c1-6(10)4-11-8-3-2-7(5-12-8)9(13)14/h2-3,5H,1,4H2,(H,11,12)(H,13,14). The van der Waals surface area contributed by atoms with Gasteiger partial charge in [0.15, 0.2) is 0 Å². The van der Waals surface area contributed by atoms with Crippen molar-refractivity contribution in [2.24, 2.45) is 0 Å². The van der Waals surface area contributed by atoms with E-state index in [2.05, 4.69) is 16.9 Å². The number of aromatic nitrogens is 1. The second-order valence-corrected chi connectivity index (χ2v) is 3.14. The van der Waals surface area contributed by atoms with Gasteiger partial charge in [0.25, 0.3) is 0 Å². The summed E-state index contributed by atoms with van der Waals surface area (Å²) in [6.07, 6.45) is 1.28. The average molecular weight is 213 g/mol. The van der Waals surface area contributed by atoms with Crippen molar-refractivity contribution in [3.05, 3.63) is 35.5 Å². The van der Waals surface area contributed by atoms with Gasteiger partial charge in [0.2, 0.25) is 0 Å². The molecule has 1 aromatic rings. The lowest BCUT2D eigenvalue weighted by Crippen LogP contribution is -2.04. The van der Waals surface area contributed by atoms with E-state index in [1.807, 2.05) is 0 Å². The molecule has 0 fully saturated rings. The Bertz CT molecular complexity index is 348. The topological polar surface area (TPSA) is 62.2 Å². The first-order valence-corrected chi connectivity index (χ1v) is 4.24. The highest BCUT2D eigenvalue weighted by atomic mass is 35.5. The lowest BCUT2D eigenvalue weighted by Gasteiger charge is -2.03. The SMILES string of the molecule is C=C(Cl)CNc1ccc(C(=O)O)cn1. The summed E-state index contributed by atoms with van der Waals surface area (Å²) < 4.78 is 0. The Morgan fingerprint density at radius 3 is 2.79 bits per heavy atom. The fourth-order valence-electron chi connectivity index (χ4n) is 0.811. The van der Waals surface area contributed by atoms with Gasteiger partial charge in [0.05, 0.1) is 12.1 Å². The van der Waals surface area contributed by atoms with Gasteiger partial charge in [-0.1, -0.05) is 18.2 Å². The third-order valence-corrected chi connectivity index (χ3v) is 1.61. The summed E-state index contributed by atoms with van der Waals surface area (Å²) in [5, 5.41) is 11.9. The van der Waals surface area contributed by atoms with Crippen molar-refractivity contribution in [1.82, 2.24) is 4.98 Å². The zero-order chi connectivity index (χ0) is 10.6. The van der Waals surface area contributed by atoms with Crippen LogP contribution in [0.3, 0.4) is 0 Å². The molecule has 0 saturated carbocycles. The lowest BCUT2D eigenvalue weighted by atomic mass is 10.3. The molecule has 14 heavy (non-hydrogen) atoms. The van der Waals surface area contributed by atoms with Crippen molar-refractivity contribution in [3.8, 4) is 0 Å². The summed E-state index contributed by atoms with van der Waals surface area (Å²) in [7, 11) is 0. The number of nitrogens with zero attached hydrogens (tertiary/aromatic N) is 1. The van der Waals surface area contributed by atoms with Crippen LogP contribution in [0, 0.1) is 0 Å². The van der Waals surface area contributed by atoms with Crippen molar-refractivity contribution < 1.29 is 9.90 Å². The predicted molar refractivity (Wildman–Crippen MR) is 54.7 cm³/mol. The van der Waals surface area contributed by atoms with Crippen LogP contribution in [-0.4, -0.2) is 22.6 Å². The number of hydrogen-bond acceptors (Lipinski definition) is 3. The van der Waals surface area contributed by atoms with E-state index in [9.17, 15) is 4.79 Å². The molecule has 74 valence electrons. The summed E-state index contributed by atoms with van der Waals surface area (Å²) in [6, 6.07) is 3.04. The molecule has 1 aromatic heterocycles. The Kier molecular flexibility index (Phi) is 3.48. The zero-order valence-corrected chi connectivity index (χ0v) is 8.08. The van der Waals surface area contributed by atoms with Gasteiger partial charge in [-0.05, 0) is 12.1 Å². The van der Waals surface area contributed by atoms with Gasteiger partial charge < -0.3 is 10.4 Å². The quantitative estimate of drug-likeness (QED) is 0.801. The molecule has 1 heterocycles. The Labute approximate surface area is 86.2 Å². The fourth-order valence-corrected chi connectivity index (χ4v) is 0.878. The van der Waals surface area contributed by atoms with E-state index in [4.69, 9.17) is 16.7 Å². The van der Waals surface area contributed by atoms with Crippen LogP contribution < -0.4 is 5.32 Å². The second kappa shape index (κ2) is 4.62. The number of carboxylic acids is 1. The summed E-state index contributed by atoms with van der Waals surface area (Å²) in [6.45, 7) is 3.90. The van der Waals surface area contributed by atoms with E-state index in [-0.39, 0.29) is 5.56 Å². The Balaban J connectivity index is 2.64. The van der Waals surface area contributed by atoms with Crippen LogP contribution in [0.2, 0.25) is 0 Å². The molecular weight excluding hydrogens is 204 g/mol. The molecule has 1 rings (SSSR count). The van der Waals surface area contributed by atoms with Gasteiger partial charge in [0, 0.05) is 11.2 Å². The van der Waals surface area contributed by atoms with E-state index in [0.717, 1.165) is 0 Å². The van der Waals surface area contributed by atoms with E-state index >= 15 is 0 Å². The van der Waals surface area contributed by atoms with Gasteiger partial charge in [-0.2, -0.15) is 0 Å². The number of hydrogen-bond donors (Lipinski definition) is 2. The maximum absolute atomic E-state index is 10.5. The molecule has 0 radical (unpaired) electrons. The first-order chi connectivity index (χ1) is 6.59. The molecule has 4 nitrogen and oxygen atoms in total. The highest BCUT2D eigenvalue weighted by Crippen LogP contribution is 2.06. The van der Waals surface area contributed by atoms with Crippen molar-refractivity contribution in [2.75, 3.05) is 11.9 Å². The fraction of sp³-hybridized carbons (Fsp3) is 0.111. The van der Waals surface area contributed by atoms with Crippen LogP contribution >= 0.6 is 11.6 Å². The lowest BCUT2D eigenvalue weighted by molar-refractivity contribution is 0.0696. The minimum atomic E-state index is -0.995. The van der Waals surface area contributed by atoms with Crippen molar-refractivity contribution in [3.63, 3.8) is 0 Å². The number of rotatable bonds is 4. The van der Waals surface area contributed by atoms with Crippen LogP contribution in [0.15, 0.2) is 29.9 Å². The maximum Gasteiger partial charge on any atom is 0.337 e. The second-order valence-electron chi connectivity index (χ2n) is 2.61. The number of pyridine rings is 1. The first kappa shape index (κ1) is 10.5.